The van der Waals surface area contributed by atoms with Gasteiger partial charge in [0.05, 0.1) is 0 Å². The maximum absolute atomic E-state index is 6.09. The monoisotopic (exact) mass is 222 g/mol. The molecule has 2 bridgehead atoms. The Balaban J connectivity index is 1.63. The zero-order valence-electron chi connectivity index (χ0n) is 10.5. The van der Waals surface area contributed by atoms with Crippen LogP contribution in [0.1, 0.15) is 51.4 Å². The molecule has 0 aromatic heterocycles. The third-order valence-corrected chi connectivity index (χ3v) is 5.41. The normalized spacial score (nSPS) is 38.1. The van der Waals surface area contributed by atoms with Gasteiger partial charge in [0.25, 0.3) is 0 Å². The Kier molecular flexibility index (Phi) is 2.97. The van der Waals surface area contributed by atoms with Gasteiger partial charge in [-0.2, -0.15) is 0 Å². The van der Waals surface area contributed by atoms with Crippen molar-refractivity contribution in [3.63, 3.8) is 0 Å². The molecule has 2 atom stereocenters. The van der Waals surface area contributed by atoms with Crippen molar-refractivity contribution in [2.24, 2.45) is 17.1 Å². The van der Waals surface area contributed by atoms with Crippen molar-refractivity contribution in [1.29, 1.82) is 0 Å². The minimum absolute atomic E-state index is 0.489. The third-order valence-electron chi connectivity index (χ3n) is 5.41. The molecule has 2 N–H and O–H groups in total. The van der Waals surface area contributed by atoms with Crippen LogP contribution in [-0.4, -0.2) is 30.6 Å². The van der Waals surface area contributed by atoms with Crippen LogP contribution in [0.15, 0.2) is 0 Å². The lowest BCUT2D eigenvalue weighted by Crippen LogP contribution is -2.46. The molecule has 0 amide bonds. The van der Waals surface area contributed by atoms with Gasteiger partial charge in [0.1, 0.15) is 0 Å². The van der Waals surface area contributed by atoms with Crippen LogP contribution in [0, 0.1) is 11.3 Å². The molecule has 0 aromatic carbocycles. The lowest BCUT2D eigenvalue weighted by Gasteiger charge is -2.41. The molecule has 2 nitrogen and oxygen atoms in total. The Morgan fingerprint density at radius 3 is 2.50 bits per heavy atom. The van der Waals surface area contributed by atoms with Crippen molar-refractivity contribution < 1.29 is 0 Å². The maximum Gasteiger partial charge on any atom is 0.00988 e. The molecule has 3 fully saturated rings. The van der Waals surface area contributed by atoms with E-state index in [2.05, 4.69) is 4.90 Å². The third kappa shape index (κ3) is 1.91. The zero-order chi connectivity index (χ0) is 11.0. The molecular formula is C14H26N2. The molecule has 2 aliphatic carbocycles. The van der Waals surface area contributed by atoms with Gasteiger partial charge in [-0.05, 0) is 50.0 Å². The van der Waals surface area contributed by atoms with Gasteiger partial charge >= 0.3 is 0 Å². The summed E-state index contributed by atoms with van der Waals surface area (Å²) < 4.78 is 0. The SMILES string of the molecule is NCC1(CN2CC3CCC2C3)CCCCC1. The summed E-state index contributed by atoms with van der Waals surface area (Å²) in [5.41, 5.74) is 6.58. The second-order valence-electron chi connectivity index (χ2n) is 6.53. The second kappa shape index (κ2) is 4.30. The van der Waals surface area contributed by atoms with Crippen molar-refractivity contribution >= 4 is 0 Å². The highest BCUT2D eigenvalue weighted by molar-refractivity contribution is 4.96. The van der Waals surface area contributed by atoms with E-state index in [0.717, 1.165) is 18.5 Å². The molecule has 3 aliphatic rings. The smallest absolute Gasteiger partial charge is 0.00988 e. The first-order valence-electron chi connectivity index (χ1n) is 7.25. The fraction of sp³-hybridized carbons (Fsp3) is 1.00. The minimum atomic E-state index is 0.489. The summed E-state index contributed by atoms with van der Waals surface area (Å²) in [6.07, 6.45) is 11.5. The maximum atomic E-state index is 6.09. The zero-order valence-corrected chi connectivity index (χ0v) is 10.5. The number of fused-ring (bicyclic) bond motifs is 2. The van der Waals surface area contributed by atoms with E-state index < -0.39 is 0 Å². The highest BCUT2D eigenvalue weighted by Gasteiger charge is 2.42. The number of hydrogen-bond donors (Lipinski definition) is 1. The van der Waals surface area contributed by atoms with Gasteiger partial charge < -0.3 is 5.73 Å². The van der Waals surface area contributed by atoms with Crippen LogP contribution in [0.25, 0.3) is 0 Å². The van der Waals surface area contributed by atoms with Crippen LogP contribution < -0.4 is 5.73 Å². The van der Waals surface area contributed by atoms with Crippen LogP contribution in [0.4, 0.5) is 0 Å². The standard InChI is InChI=1S/C14H26N2/c15-10-14(6-2-1-3-7-14)11-16-9-12-4-5-13(16)8-12/h12-13H,1-11,15H2. The average molecular weight is 222 g/mol. The molecule has 92 valence electrons. The molecule has 1 aliphatic heterocycles. The van der Waals surface area contributed by atoms with Gasteiger partial charge in [0.15, 0.2) is 0 Å². The Morgan fingerprint density at radius 1 is 1.12 bits per heavy atom. The lowest BCUT2D eigenvalue weighted by molar-refractivity contribution is 0.0900. The highest BCUT2D eigenvalue weighted by Crippen LogP contribution is 2.42. The number of rotatable bonds is 3. The van der Waals surface area contributed by atoms with Crippen LogP contribution >= 0.6 is 0 Å². The van der Waals surface area contributed by atoms with Gasteiger partial charge in [-0.1, -0.05) is 19.3 Å². The van der Waals surface area contributed by atoms with Crippen LogP contribution in [0.5, 0.6) is 0 Å². The van der Waals surface area contributed by atoms with Crippen molar-refractivity contribution in [2.45, 2.75) is 57.4 Å². The molecule has 3 rings (SSSR count). The van der Waals surface area contributed by atoms with E-state index in [0.29, 0.717) is 5.41 Å². The van der Waals surface area contributed by atoms with Gasteiger partial charge in [-0.3, -0.25) is 4.90 Å². The largest absolute Gasteiger partial charge is 0.330 e. The molecule has 0 aromatic rings. The summed E-state index contributed by atoms with van der Waals surface area (Å²) in [5, 5.41) is 0. The minimum Gasteiger partial charge on any atom is -0.330 e. The van der Waals surface area contributed by atoms with E-state index in [4.69, 9.17) is 5.73 Å². The van der Waals surface area contributed by atoms with E-state index in [-0.39, 0.29) is 0 Å². The number of piperidine rings is 1. The predicted molar refractivity (Wildman–Crippen MR) is 67.3 cm³/mol. The Bertz CT molecular complexity index is 245. The topological polar surface area (TPSA) is 29.3 Å². The Morgan fingerprint density at radius 2 is 1.94 bits per heavy atom. The first-order valence-corrected chi connectivity index (χ1v) is 7.25. The molecular weight excluding hydrogens is 196 g/mol. The number of nitrogens with two attached hydrogens (primary N) is 1. The summed E-state index contributed by atoms with van der Waals surface area (Å²) in [6, 6.07) is 0.926. The van der Waals surface area contributed by atoms with Crippen LogP contribution in [0.2, 0.25) is 0 Å². The number of likely N-dealkylation sites (tertiary alicyclic amines) is 1. The fourth-order valence-corrected chi connectivity index (χ4v) is 4.38. The van der Waals surface area contributed by atoms with Crippen molar-refractivity contribution in [3.8, 4) is 0 Å². The van der Waals surface area contributed by atoms with Gasteiger partial charge in [-0.25, -0.2) is 0 Å². The summed E-state index contributed by atoms with van der Waals surface area (Å²) in [7, 11) is 0. The molecule has 0 radical (unpaired) electrons. The molecule has 1 heterocycles. The van der Waals surface area contributed by atoms with Crippen LogP contribution in [-0.2, 0) is 0 Å². The molecule has 2 heteroatoms. The van der Waals surface area contributed by atoms with Crippen LogP contribution in [0.3, 0.4) is 0 Å². The van der Waals surface area contributed by atoms with Gasteiger partial charge in [-0.15, -0.1) is 0 Å². The van der Waals surface area contributed by atoms with E-state index in [1.165, 1.54) is 64.5 Å². The highest BCUT2D eigenvalue weighted by atomic mass is 15.2. The van der Waals surface area contributed by atoms with Gasteiger partial charge in [0, 0.05) is 19.1 Å². The van der Waals surface area contributed by atoms with Crippen molar-refractivity contribution in [2.75, 3.05) is 19.6 Å². The van der Waals surface area contributed by atoms with Crippen molar-refractivity contribution in [1.82, 2.24) is 4.90 Å². The first kappa shape index (κ1) is 11.0. The van der Waals surface area contributed by atoms with E-state index >= 15 is 0 Å². The first-order chi connectivity index (χ1) is 7.81. The Labute approximate surface area is 99.6 Å². The Hall–Kier alpha value is -0.0800. The van der Waals surface area contributed by atoms with Gasteiger partial charge in [0.2, 0.25) is 0 Å². The summed E-state index contributed by atoms with van der Waals surface area (Å²) >= 11 is 0. The van der Waals surface area contributed by atoms with E-state index in [9.17, 15) is 0 Å². The van der Waals surface area contributed by atoms with Crippen molar-refractivity contribution in [3.05, 3.63) is 0 Å². The summed E-state index contributed by atoms with van der Waals surface area (Å²) in [6.45, 7) is 3.61. The quantitative estimate of drug-likeness (QED) is 0.794. The average Bonchev–Trinajstić information content (AvgIpc) is 2.92. The second-order valence-corrected chi connectivity index (χ2v) is 6.53. The molecule has 2 saturated carbocycles. The molecule has 1 saturated heterocycles. The summed E-state index contributed by atoms with van der Waals surface area (Å²) in [5.74, 6) is 1.03. The van der Waals surface area contributed by atoms with E-state index in [1.807, 2.05) is 0 Å². The molecule has 0 spiro atoms. The number of nitrogens with zero attached hydrogens (tertiary/aromatic N) is 1. The molecule has 2 unspecified atom stereocenters. The fourth-order valence-electron chi connectivity index (χ4n) is 4.38. The number of hydrogen-bond acceptors (Lipinski definition) is 2. The summed E-state index contributed by atoms with van der Waals surface area (Å²) in [4.78, 5) is 2.78. The van der Waals surface area contributed by atoms with E-state index in [1.54, 1.807) is 0 Å². The predicted octanol–water partition coefficient (Wildman–Crippen LogP) is 2.38. The molecule has 16 heavy (non-hydrogen) atoms. The lowest BCUT2D eigenvalue weighted by atomic mass is 9.73.